The number of aliphatic carboxylic acids is 1. The first-order chi connectivity index (χ1) is 8.53. The largest absolute Gasteiger partial charge is 0.480 e. The van der Waals surface area contributed by atoms with Crippen LogP contribution in [0.5, 0.6) is 0 Å². The fraction of sp³-hybridized carbons (Fsp3) is 0.462. The molecule has 0 bridgehead atoms. The average molecular weight is 266 g/mol. The van der Waals surface area contributed by atoms with Gasteiger partial charge in [0.1, 0.15) is 5.54 Å². The molecule has 98 valence electrons. The Morgan fingerprint density at radius 3 is 2.67 bits per heavy atom. The number of likely N-dealkylation sites (tertiary alicyclic amines) is 1. The summed E-state index contributed by atoms with van der Waals surface area (Å²) in [5.41, 5.74) is 5.97. The van der Waals surface area contributed by atoms with E-state index in [9.17, 15) is 4.79 Å². The number of carboxylic acids is 1. The van der Waals surface area contributed by atoms with Crippen molar-refractivity contribution < 1.29 is 9.90 Å². The highest BCUT2D eigenvalue weighted by molar-refractivity contribution is 7.98. The molecule has 3 N–H and O–H groups in total. The molecule has 2 rings (SSSR count). The van der Waals surface area contributed by atoms with E-state index in [2.05, 4.69) is 29.2 Å². The summed E-state index contributed by atoms with van der Waals surface area (Å²) in [5, 5.41) is 9.07. The third-order valence-corrected chi connectivity index (χ3v) is 4.11. The molecule has 1 aliphatic heterocycles. The molecular formula is C13H18N2O2S. The second kappa shape index (κ2) is 5.30. The molecule has 0 aliphatic carbocycles. The van der Waals surface area contributed by atoms with Gasteiger partial charge in [0.05, 0.1) is 0 Å². The summed E-state index contributed by atoms with van der Waals surface area (Å²) in [7, 11) is 0. The SMILES string of the molecule is CSc1ccc(CN2CCC(N)(C(=O)O)C2)cc1. The third-order valence-electron chi connectivity index (χ3n) is 3.37. The lowest BCUT2D eigenvalue weighted by Gasteiger charge is -2.20. The molecule has 4 nitrogen and oxygen atoms in total. The first-order valence-electron chi connectivity index (χ1n) is 5.91. The Balaban J connectivity index is 1.97. The molecule has 1 fully saturated rings. The van der Waals surface area contributed by atoms with Crippen LogP contribution in [0.3, 0.4) is 0 Å². The van der Waals surface area contributed by atoms with Crippen LogP contribution in [-0.4, -0.2) is 40.9 Å². The zero-order chi connectivity index (χ0) is 13.2. The minimum atomic E-state index is -1.07. The van der Waals surface area contributed by atoms with Crippen LogP contribution in [0.1, 0.15) is 12.0 Å². The van der Waals surface area contributed by atoms with E-state index in [4.69, 9.17) is 10.8 Å². The second-order valence-electron chi connectivity index (χ2n) is 4.77. The van der Waals surface area contributed by atoms with Gasteiger partial charge in [-0.05, 0) is 30.4 Å². The number of hydrogen-bond donors (Lipinski definition) is 2. The highest BCUT2D eigenvalue weighted by Gasteiger charge is 2.40. The second-order valence-corrected chi connectivity index (χ2v) is 5.65. The zero-order valence-corrected chi connectivity index (χ0v) is 11.2. The summed E-state index contributed by atoms with van der Waals surface area (Å²) >= 11 is 1.71. The first kappa shape index (κ1) is 13.4. The van der Waals surface area contributed by atoms with Gasteiger partial charge < -0.3 is 10.8 Å². The Morgan fingerprint density at radius 2 is 2.17 bits per heavy atom. The predicted octanol–water partition coefficient (Wildman–Crippen LogP) is 1.40. The van der Waals surface area contributed by atoms with Gasteiger partial charge in [0.25, 0.3) is 0 Å². The van der Waals surface area contributed by atoms with Crippen molar-refractivity contribution in [3.63, 3.8) is 0 Å². The van der Waals surface area contributed by atoms with Gasteiger partial charge in [-0.15, -0.1) is 11.8 Å². The van der Waals surface area contributed by atoms with Crippen LogP contribution in [0.2, 0.25) is 0 Å². The number of carboxylic acid groups (broad SMARTS) is 1. The summed E-state index contributed by atoms with van der Waals surface area (Å²) in [6.07, 6.45) is 2.57. The number of benzene rings is 1. The molecule has 18 heavy (non-hydrogen) atoms. The Kier molecular flexibility index (Phi) is 3.94. The van der Waals surface area contributed by atoms with Gasteiger partial charge in [-0.2, -0.15) is 0 Å². The number of hydrogen-bond acceptors (Lipinski definition) is 4. The van der Waals surface area contributed by atoms with E-state index >= 15 is 0 Å². The summed E-state index contributed by atoms with van der Waals surface area (Å²) in [6, 6.07) is 8.35. The lowest BCUT2D eigenvalue weighted by atomic mass is 10.0. The molecule has 0 amide bonds. The van der Waals surface area contributed by atoms with Gasteiger partial charge in [-0.25, -0.2) is 0 Å². The van der Waals surface area contributed by atoms with E-state index in [0.717, 1.165) is 13.1 Å². The molecule has 0 spiro atoms. The number of nitrogens with two attached hydrogens (primary N) is 1. The molecule has 1 aromatic rings. The van der Waals surface area contributed by atoms with Crippen molar-refractivity contribution in [2.24, 2.45) is 5.73 Å². The molecule has 1 aliphatic rings. The summed E-state index contributed by atoms with van der Waals surface area (Å²) in [5.74, 6) is -0.900. The average Bonchev–Trinajstić information content (AvgIpc) is 2.73. The van der Waals surface area contributed by atoms with Gasteiger partial charge in [-0.1, -0.05) is 12.1 Å². The summed E-state index contributed by atoms with van der Waals surface area (Å²) in [6.45, 7) is 1.93. The van der Waals surface area contributed by atoms with E-state index in [1.54, 1.807) is 11.8 Å². The fourth-order valence-corrected chi connectivity index (χ4v) is 2.62. The van der Waals surface area contributed by atoms with E-state index in [1.807, 2.05) is 6.26 Å². The third kappa shape index (κ3) is 2.85. The number of thioether (sulfide) groups is 1. The van der Waals surface area contributed by atoms with Crippen molar-refractivity contribution in [3.8, 4) is 0 Å². The fourth-order valence-electron chi connectivity index (χ4n) is 2.21. The highest BCUT2D eigenvalue weighted by Crippen LogP contribution is 2.22. The van der Waals surface area contributed by atoms with Gasteiger partial charge in [0.2, 0.25) is 0 Å². The van der Waals surface area contributed by atoms with Gasteiger partial charge >= 0.3 is 5.97 Å². The monoisotopic (exact) mass is 266 g/mol. The number of nitrogens with zero attached hydrogens (tertiary/aromatic N) is 1. The van der Waals surface area contributed by atoms with Crippen LogP contribution >= 0.6 is 11.8 Å². The maximum atomic E-state index is 11.1. The maximum absolute atomic E-state index is 11.1. The Bertz CT molecular complexity index is 435. The maximum Gasteiger partial charge on any atom is 0.325 e. The van der Waals surface area contributed by atoms with Crippen LogP contribution in [0, 0.1) is 0 Å². The molecule has 1 atom stereocenters. The van der Waals surface area contributed by atoms with Crippen molar-refractivity contribution in [1.82, 2.24) is 4.90 Å². The molecule has 1 heterocycles. The van der Waals surface area contributed by atoms with Crippen molar-refractivity contribution in [1.29, 1.82) is 0 Å². The van der Waals surface area contributed by atoms with Crippen LogP contribution < -0.4 is 5.73 Å². The standard InChI is InChI=1S/C13H18N2O2S/c1-18-11-4-2-10(3-5-11)8-15-7-6-13(14,9-15)12(16)17/h2-5H,6-9,14H2,1H3,(H,16,17). The summed E-state index contributed by atoms with van der Waals surface area (Å²) < 4.78 is 0. The van der Waals surface area contributed by atoms with E-state index in [0.29, 0.717) is 13.0 Å². The van der Waals surface area contributed by atoms with Crippen molar-refractivity contribution >= 4 is 17.7 Å². The van der Waals surface area contributed by atoms with Crippen LogP contribution in [-0.2, 0) is 11.3 Å². The lowest BCUT2D eigenvalue weighted by Crippen LogP contribution is -2.50. The first-order valence-corrected chi connectivity index (χ1v) is 7.13. The van der Waals surface area contributed by atoms with Gasteiger partial charge in [0.15, 0.2) is 0 Å². The molecule has 1 saturated heterocycles. The zero-order valence-electron chi connectivity index (χ0n) is 10.4. The molecule has 1 unspecified atom stereocenters. The molecule has 0 saturated carbocycles. The van der Waals surface area contributed by atoms with E-state index in [-0.39, 0.29) is 0 Å². The minimum absolute atomic E-state index is 0.423. The quantitative estimate of drug-likeness (QED) is 0.806. The Hall–Kier alpha value is -1.04. The van der Waals surface area contributed by atoms with Gasteiger partial charge in [-0.3, -0.25) is 9.69 Å². The Labute approximate surface area is 111 Å². The lowest BCUT2D eigenvalue weighted by molar-refractivity contribution is -0.142. The van der Waals surface area contributed by atoms with Crippen molar-refractivity contribution in [3.05, 3.63) is 29.8 Å². The van der Waals surface area contributed by atoms with Crippen LogP contribution in [0.25, 0.3) is 0 Å². The molecule has 0 aromatic heterocycles. The Morgan fingerprint density at radius 1 is 1.50 bits per heavy atom. The highest BCUT2D eigenvalue weighted by atomic mass is 32.2. The number of carbonyl (C=O) groups is 1. The molecular weight excluding hydrogens is 248 g/mol. The van der Waals surface area contributed by atoms with Crippen molar-refractivity contribution in [2.45, 2.75) is 23.4 Å². The minimum Gasteiger partial charge on any atom is -0.480 e. The van der Waals surface area contributed by atoms with E-state index < -0.39 is 11.5 Å². The molecule has 5 heteroatoms. The smallest absolute Gasteiger partial charge is 0.325 e. The van der Waals surface area contributed by atoms with Crippen LogP contribution in [0.15, 0.2) is 29.2 Å². The van der Waals surface area contributed by atoms with E-state index in [1.165, 1.54) is 10.5 Å². The summed E-state index contributed by atoms with van der Waals surface area (Å²) in [4.78, 5) is 14.4. The molecule has 1 aromatic carbocycles. The topological polar surface area (TPSA) is 66.6 Å². The van der Waals surface area contributed by atoms with Gasteiger partial charge in [0, 0.05) is 24.5 Å². The normalized spacial score (nSPS) is 24.3. The predicted molar refractivity (Wildman–Crippen MR) is 72.7 cm³/mol. The van der Waals surface area contributed by atoms with Crippen molar-refractivity contribution in [2.75, 3.05) is 19.3 Å². The molecule has 0 radical (unpaired) electrons. The van der Waals surface area contributed by atoms with Crippen LogP contribution in [0.4, 0.5) is 0 Å². The number of rotatable bonds is 4.